The highest BCUT2D eigenvalue weighted by Crippen LogP contribution is 2.11. The van der Waals surface area contributed by atoms with Crippen LogP contribution in [0.1, 0.15) is 31.7 Å². The minimum absolute atomic E-state index is 0.0664. The number of carbonyl (C=O) groups excluding carboxylic acids is 1. The molecule has 2 amide bonds. The number of amides is 2. The first-order valence-corrected chi connectivity index (χ1v) is 9.11. The zero-order valence-electron chi connectivity index (χ0n) is 15.1. The third-order valence-electron chi connectivity index (χ3n) is 4.59. The van der Waals surface area contributed by atoms with E-state index in [2.05, 4.69) is 17.1 Å². The second-order valence-electron chi connectivity index (χ2n) is 6.37. The molecule has 0 radical (unpaired) electrons. The van der Waals surface area contributed by atoms with Gasteiger partial charge in [0, 0.05) is 32.7 Å². The maximum Gasteiger partial charge on any atom is 0.317 e. The summed E-state index contributed by atoms with van der Waals surface area (Å²) in [5.41, 5.74) is 1.21. The number of urea groups is 1. The third kappa shape index (κ3) is 6.04. The summed E-state index contributed by atoms with van der Waals surface area (Å²) in [5, 5.41) is 3.03. The molecule has 5 nitrogen and oxygen atoms in total. The summed E-state index contributed by atoms with van der Waals surface area (Å²) in [5.74, 6) is 0.861. The summed E-state index contributed by atoms with van der Waals surface area (Å²) in [4.78, 5) is 16.6. The molecule has 1 fully saturated rings. The number of carbonyl (C=O) groups is 1. The predicted molar refractivity (Wildman–Crippen MR) is 97.6 cm³/mol. The molecule has 0 saturated carbocycles. The van der Waals surface area contributed by atoms with E-state index in [9.17, 15) is 4.79 Å². The number of ether oxygens (including phenoxy) is 1. The molecule has 0 aliphatic carbocycles. The Morgan fingerprint density at radius 3 is 2.46 bits per heavy atom. The van der Waals surface area contributed by atoms with Crippen molar-refractivity contribution in [3.8, 4) is 5.75 Å². The van der Waals surface area contributed by atoms with Gasteiger partial charge in [0.1, 0.15) is 5.75 Å². The summed E-state index contributed by atoms with van der Waals surface area (Å²) >= 11 is 0. The van der Waals surface area contributed by atoms with Gasteiger partial charge in [-0.2, -0.15) is 0 Å². The van der Waals surface area contributed by atoms with E-state index in [-0.39, 0.29) is 6.03 Å². The zero-order chi connectivity index (χ0) is 17.2. The van der Waals surface area contributed by atoms with Gasteiger partial charge in [0.15, 0.2) is 0 Å². The van der Waals surface area contributed by atoms with Gasteiger partial charge in [-0.05, 0) is 37.1 Å². The van der Waals surface area contributed by atoms with Crippen molar-refractivity contribution >= 4 is 6.03 Å². The van der Waals surface area contributed by atoms with Gasteiger partial charge in [0.2, 0.25) is 0 Å². The minimum atomic E-state index is 0.0664. The number of nitrogens with zero attached hydrogens (tertiary/aromatic N) is 2. The first-order valence-electron chi connectivity index (χ1n) is 9.11. The van der Waals surface area contributed by atoms with Gasteiger partial charge in [-0.3, -0.25) is 4.90 Å². The van der Waals surface area contributed by atoms with E-state index < -0.39 is 0 Å². The molecule has 1 aliphatic rings. The van der Waals surface area contributed by atoms with E-state index >= 15 is 0 Å². The van der Waals surface area contributed by atoms with Crippen molar-refractivity contribution in [1.29, 1.82) is 0 Å². The zero-order valence-corrected chi connectivity index (χ0v) is 15.1. The van der Waals surface area contributed by atoms with E-state index in [1.165, 1.54) is 31.4 Å². The van der Waals surface area contributed by atoms with Gasteiger partial charge in [0.25, 0.3) is 0 Å². The lowest BCUT2D eigenvalue weighted by Crippen LogP contribution is -2.52. The maximum atomic E-state index is 12.2. The van der Waals surface area contributed by atoms with Crippen molar-refractivity contribution in [3.63, 3.8) is 0 Å². The molecule has 0 aromatic heterocycles. The van der Waals surface area contributed by atoms with E-state index in [4.69, 9.17) is 4.74 Å². The number of rotatable bonds is 8. The molecule has 0 atom stereocenters. The van der Waals surface area contributed by atoms with Crippen molar-refractivity contribution in [2.24, 2.45) is 0 Å². The highest BCUT2D eigenvalue weighted by Gasteiger charge is 2.20. The fourth-order valence-corrected chi connectivity index (χ4v) is 2.98. The molecule has 134 valence electrons. The van der Waals surface area contributed by atoms with Gasteiger partial charge < -0.3 is 15.0 Å². The minimum Gasteiger partial charge on any atom is -0.497 e. The van der Waals surface area contributed by atoms with Crippen molar-refractivity contribution in [3.05, 3.63) is 29.8 Å². The highest BCUT2D eigenvalue weighted by atomic mass is 16.5. The van der Waals surface area contributed by atoms with Crippen LogP contribution in [0.25, 0.3) is 0 Å². The Morgan fingerprint density at radius 1 is 1.12 bits per heavy atom. The number of unbranched alkanes of at least 4 members (excludes halogenated alkanes) is 2. The SMILES string of the molecule is CCCCCN1CCN(C(=O)NCCc2ccc(OC)cc2)CC1. The molecule has 1 aromatic carbocycles. The Hall–Kier alpha value is -1.75. The van der Waals surface area contributed by atoms with Crippen LogP contribution in [0.15, 0.2) is 24.3 Å². The Bertz CT molecular complexity index is 482. The van der Waals surface area contributed by atoms with Crippen LogP contribution >= 0.6 is 0 Å². The molecular weight excluding hydrogens is 302 g/mol. The third-order valence-corrected chi connectivity index (χ3v) is 4.59. The van der Waals surface area contributed by atoms with Gasteiger partial charge >= 0.3 is 6.03 Å². The second-order valence-corrected chi connectivity index (χ2v) is 6.37. The number of benzene rings is 1. The average molecular weight is 333 g/mol. The van der Waals surface area contributed by atoms with Crippen LogP contribution in [-0.4, -0.2) is 62.2 Å². The van der Waals surface area contributed by atoms with E-state index in [0.717, 1.165) is 38.3 Å². The van der Waals surface area contributed by atoms with Crippen LogP contribution in [0, 0.1) is 0 Å². The van der Waals surface area contributed by atoms with Gasteiger partial charge in [-0.15, -0.1) is 0 Å². The largest absolute Gasteiger partial charge is 0.497 e. The predicted octanol–water partition coefficient (Wildman–Crippen LogP) is 2.76. The Balaban J connectivity index is 1.62. The number of nitrogens with one attached hydrogen (secondary N) is 1. The van der Waals surface area contributed by atoms with Crippen LogP contribution in [0.2, 0.25) is 0 Å². The van der Waals surface area contributed by atoms with Gasteiger partial charge in [0.05, 0.1) is 7.11 Å². The Kier molecular flexibility index (Phi) is 7.89. The van der Waals surface area contributed by atoms with Crippen molar-refractivity contribution in [1.82, 2.24) is 15.1 Å². The number of hydrogen-bond acceptors (Lipinski definition) is 3. The molecule has 0 unspecified atom stereocenters. The molecule has 1 heterocycles. The first-order chi connectivity index (χ1) is 11.7. The van der Waals surface area contributed by atoms with E-state index in [0.29, 0.717) is 6.54 Å². The lowest BCUT2D eigenvalue weighted by Gasteiger charge is -2.34. The summed E-state index contributed by atoms with van der Waals surface area (Å²) in [6, 6.07) is 8.06. The molecule has 1 aromatic rings. The first kappa shape index (κ1) is 18.6. The molecular formula is C19H31N3O2. The van der Waals surface area contributed by atoms with Crippen molar-refractivity contribution in [2.75, 3.05) is 46.4 Å². The summed E-state index contributed by atoms with van der Waals surface area (Å²) in [6.45, 7) is 7.73. The summed E-state index contributed by atoms with van der Waals surface area (Å²) in [7, 11) is 1.67. The number of hydrogen-bond donors (Lipinski definition) is 1. The topological polar surface area (TPSA) is 44.8 Å². The average Bonchev–Trinajstić information content (AvgIpc) is 2.63. The molecule has 2 rings (SSSR count). The fraction of sp³-hybridized carbons (Fsp3) is 0.632. The lowest BCUT2D eigenvalue weighted by atomic mass is 10.1. The van der Waals surface area contributed by atoms with Crippen molar-refractivity contribution in [2.45, 2.75) is 32.6 Å². The van der Waals surface area contributed by atoms with E-state index in [1.807, 2.05) is 29.2 Å². The molecule has 24 heavy (non-hydrogen) atoms. The molecule has 1 saturated heterocycles. The summed E-state index contributed by atoms with van der Waals surface area (Å²) < 4.78 is 5.15. The quantitative estimate of drug-likeness (QED) is 0.744. The second kappa shape index (κ2) is 10.2. The smallest absolute Gasteiger partial charge is 0.317 e. The standard InChI is InChI=1S/C19H31N3O2/c1-3-4-5-12-21-13-15-22(16-14-21)19(23)20-11-10-17-6-8-18(24-2)9-7-17/h6-9H,3-5,10-16H2,1-2H3,(H,20,23). The Labute approximate surface area is 146 Å². The molecule has 1 N–H and O–H groups in total. The number of methoxy groups -OCH3 is 1. The highest BCUT2D eigenvalue weighted by molar-refractivity contribution is 5.74. The molecule has 5 heteroatoms. The fourth-order valence-electron chi connectivity index (χ4n) is 2.98. The molecule has 1 aliphatic heterocycles. The van der Waals surface area contributed by atoms with Crippen LogP contribution in [0.3, 0.4) is 0 Å². The lowest BCUT2D eigenvalue weighted by molar-refractivity contribution is 0.138. The van der Waals surface area contributed by atoms with E-state index in [1.54, 1.807) is 7.11 Å². The molecule has 0 spiro atoms. The monoisotopic (exact) mass is 333 g/mol. The summed E-state index contributed by atoms with van der Waals surface area (Å²) in [6.07, 6.45) is 4.67. The number of piperazine rings is 1. The van der Waals surface area contributed by atoms with Crippen LogP contribution in [0.4, 0.5) is 4.79 Å². The van der Waals surface area contributed by atoms with Gasteiger partial charge in [-0.1, -0.05) is 31.9 Å². The van der Waals surface area contributed by atoms with Crippen molar-refractivity contribution < 1.29 is 9.53 Å². The van der Waals surface area contributed by atoms with Crippen LogP contribution in [0.5, 0.6) is 5.75 Å². The maximum absolute atomic E-state index is 12.2. The Morgan fingerprint density at radius 2 is 1.83 bits per heavy atom. The van der Waals surface area contributed by atoms with Crippen LogP contribution in [-0.2, 0) is 6.42 Å². The normalized spacial score (nSPS) is 15.3. The van der Waals surface area contributed by atoms with Gasteiger partial charge in [-0.25, -0.2) is 4.79 Å². The van der Waals surface area contributed by atoms with Crippen LogP contribution < -0.4 is 10.1 Å². The molecule has 0 bridgehead atoms.